The smallest absolute Gasteiger partial charge is 0.329 e. The lowest BCUT2D eigenvalue weighted by atomic mass is 10.0. The molecule has 2 aromatic rings. The third kappa shape index (κ3) is 3.52. The van der Waals surface area contributed by atoms with Gasteiger partial charge in [0.15, 0.2) is 11.6 Å². The van der Waals surface area contributed by atoms with Crippen molar-refractivity contribution in [2.75, 3.05) is 18.0 Å². The molecular weight excluding hydrogens is 342 g/mol. The summed E-state index contributed by atoms with van der Waals surface area (Å²) in [5.74, 6) is -1.61. The predicted molar refractivity (Wildman–Crippen MR) is 91.4 cm³/mol. The van der Waals surface area contributed by atoms with E-state index < -0.39 is 16.6 Å². The minimum absolute atomic E-state index is 0.0249. The van der Waals surface area contributed by atoms with Crippen molar-refractivity contribution in [1.29, 1.82) is 5.26 Å². The van der Waals surface area contributed by atoms with Crippen molar-refractivity contribution in [3.05, 3.63) is 68.9 Å². The number of hydrogen-bond donors (Lipinski definition) is 0. The molecule has 0 aliphatic carbocycles. The van der Waals surface area contributed by atoms with E-state index in [1.54, 1.807) is 11.0 Å². The average Bonchev–Trinajstić information content (AvgIpc) is 2.64. The third-order valence-electron chi connectivity index (χ3n) is 4.23. The molecule has 0 saturated carbocycles. The normalized spacial score (nSPS) is 14.0. The number of nitro groups is 1. The molecular formula is C18H14F2N4O2. The maximum Gasteiger partial charge on any atom is 0.329 e. The van der Waals surface area contributed by atoms with Crippen molar-refractivity contribution in [2.24, 2.45) is 0 Å². The third-order valence-corrected chi connectivity index (χ3v) is 4.23. The molecule has 0 spiro atoms. The lowest BCUT2D eigenvalue weighted by molar-refractivity contribution is -0.384. The summed E-state index contributed by atoms with van der Waals surface area (Å²) in [5.41, 5.74) is 1.29. The molecule has 0 unspecified atom stereocenters. The molecule has 132 valence electrons. The van der Waals surface area contributed by atoms with Crippen LogP contribution in [-0.2, 0) is 0 Å². The van der Waals surface area contributed by atoms with E-state index in [2.05, 4.69) is 4.98 Å². The second-order valence-corrected chi connectivity index (χ2v) is 5.86. The molecule has 0 radical (unpaired) electrons. The molecule has 2 heterocycles. The van der Waals surface area contributed by atoms with Crippen LogP contribution in [0.4, 0.5) is 20.3 Å². The summed E-state index contributed by atoms with van der Waals surface area (Å²) in [6, 6.07) is 6.86. The largest absolute Gasteiger partial charge is 0.350 e. The van der Waals surface area contributed by atoms with Crippen LogP contribution in [-0.4, -0.2) is 23.0 Å². The average molecular weight is 356 g/mol. The van der Waals surface area contributed by atoms with Gasteiger partial charge in [0.1, 0.15) is 11.6 Å². The van der Waals surface area contributed by atoms with Crippen LogP contribution in [0.3, 0.4) is 0 Å². The molecule has 8 heteroatoms. The summed E-state index contributed by atoms with van der Waals surface area (Å²) in [6.45, 7) is 0.969. The highest BCUT2D eigenvalue weighted by Crippen LogP contribution is 2.32. The summed E-state index contributed by atoms with van der Waals surface area (Å²) >= 11 is 0. The van der Waals surface area contributed by atoms with Gasteiger partial charge in [-0.15, -0.1) is 0 Å². The van der Waals surface area contributed by atoms with Crippen LogP contribution in [0.15, 0.2) is 36.0 Å². The van der Waals surface area contributed by atoms with Crippen LogP contribution in [0.1, 0.15) is 24.0 Å². The number of rotatable bonds is 3. The number of aromatic nitrogens is 1. The molecule has 1 aromatic carbocycles. The first-order valence-corrected chi connectivity index (χ1v) is 7.92. The number of pyridine rings is 1. The van der Waals surface area contributed by atoms with Gasteiger partial charge < -0.3 is 4.90 Å². The first-order valence-electron chi connectivity index (χ1n) is 7.92. The Morgan fingerprint density at radius 2 is 1.96 bits per heavy atom. The lowest BCUT2D eigenvalue weighted by Gasteiger charge is -2.29. The van der Waals surface area contributed by atoms with Gasteiger partial charge in [-0.25, -0.2) is 13.8 Å². The summed E-state index contributed by atoms with van der Waals surface area (Å²) in [6.07, 6.45) is 4.39. The van der Waals surface area contributed by atoms with Crippen LogP contribution in [0.5, 0.6) is 0 Å². The second kappa shape index (κ2) is 7.27. The number of halogens is 2. The number of benzene rings is 1. The minimum atomic E-state index is -0.898. The van der Waals surface area contributed by atoms with E-state index in [4.69, 9.17) is 5.26 Å². The van der Waals surface area contributed by atoms with Crippen LogP contribution < -0.4 is 4.90 Å². The topological polar surface area (TPSA) is 83.1 Å². The highest BCUT2D eigenvalue weighted by molar-refractivity contribution is 5.66. The van der Waals surface area contributed by atoms with Crippen molar-refractivity contribution < 1.29 is 13.7 Å². The zero-order chi connectivity index (χ0) is 18.7. The van der Waals surface area contributed by atoms with E-state index in [1.807, 2.05) is 6.07 Å². The van der Waals surface area contributed by atoms with Gasteiger partial charge in [-0.2, -0.15) is 5.26 Å². The molecule has 1 aliphatic rings. The molecule has 0 N–H and O–H groups in total. The molecule has 3 rings (SSSR count). The molecule has 1 aromatic heterocycles. The van der Waals surface area contributed by atoms with Crippen LogP contribution in [0.2, 0.25) is 0 Å². The van der Waals surface area contributed by atoms with E-state index in [1.165, 1.54) is 18.3 Å². The Balaban J connectivity index is 1.79. The highest BCUT2D eigenvalue weighted by atomic mass is 19.2. The van der Waals surface area contributed by atoms with E-state index in [-0.39, 0.29) is 17.1 Å². The molecule has 1 aliphatic heterocycles. The standard InChI is InChI=1S/C18H14F2N4O2/c19-15-2-1-13(10-16(15)20)9-12-4-7-23(8-5-12)18-17(24(25)26)14(11-21)3-6-22-18/h1-3,6,9-10H,4-5,7-8H2. The van der Waals surface area contributed by atoms with Gasteiger partial charge >= 0.3 is 5.69 Å². The van der Waals surface area contributed by atoms with Gasteiger partial charge in [0.25, 0.3) is 0 Å². The first kappa shape index (κ1) is 17.5. The number of hydrogen-bond acceptors (Lipinski definition) is 5. The van der Waals surface area contributed by atoms with Crippen molar-refractivity contribution in [3.8, 4) is 6.07 Å². The van der Waals surface area contributed by atoms with Gasteiger partial charge in [0.05, 0.1) is 4.92 Å². The SMILES string of the molecule is N#Cc1ccnc(N2CCC(=Cc3ccc(F)c(F)c3)CC2)c1[N+](=O)[O-]. The fourth-order valence-electron chi connectivity index (χ4n) is 2.93. The fourth-order valence-corrected chi connectivity index (χ4v) is 2.93. The summed E-state index contributed by atoms with van der Waals surface area (Å²) in [4.78, 5) is 16.6. The van der Waals surface area contributed by atoms with Crippen molar-refractivity contribution in [3.63, 3.8) is 0 Å². The Morgan fingerprint density at radius 3 is 2.58 bits per heavy atom. The summed E-state index contributed by atoms with van der Waals surface area (Å²) < 4.78 is 26.3. The zero-order valence-electron chi connectivity index (χ0n) is 13.7. The summed E-state index contributed by atoms with van der Waals surface area (Å²) in [7, 11) is 0. The monoisotopic (exact) mass is 356 g/mol. The molecule has 26 heavy (non-hydrogen) atoms. The number of nitrogens with zero attached hydrogens (tertiary/aromatic N) is 4. The Bertz CT molecular complexity index is 927. The van der Waals surface area contributed by atoms with Crippen LogP contribution >= 0.6 is 0 Å². The van der Waals surface area contributed by atoms with Gasteiger partial charge in [-0.3, -0.25) is 10.1 Å². The molecule has 0 amide bonds. The highest BCUT2D eigenvalue weighted by Gasteiger charge is 2.27. The molecule has 1 saturated heterocycles. The first-order chi connectivity index (χ1) is 12.5. The van der Waals surface area contributed by atoms with Crippen molar-refractivity contribution in [1.82, 2.24) is 4.98 Å². The van der Waals surface area contributed by atoms with Gasteiger partial charge in [-0.05, 0) is 36.6 Å². The molecule has 0 bridgehead atoms. The predicted octanol–water partition coefficient (Wildman–Crippen LogP) is 3.82. The lowest BCUT2D eigenvalue weighted by Crippen LogP contribution is -2.32. The molecule has 0 atom stereocenters. The van der Waals surface area contributed by atoms with E-state index >= 15 is 0 Å². The zero-order valence-corrected chi connectivity index (χ0v) is 13.7. The quantitative estimate of drug-likeness (QED) is 0.617. The molecule has 6 nitrogen and oxygen atoms in total. The maximum absolute atomic E-state index is 13.3. The van der Waals surface area contributed by atoms with Gasteiger partial charge in [0.2, 0.25) is 5.82 Å². The number of nitriles is 1. The Labute approximate surface area is 148 Å². The molecule has 1 fully saturated rings. The number of anilines is 1. The Morgan fingerprint density at radius 1 is 1.23 bits per heavy atom. The van der Waals surface area contributed by atoms with Gasteiger partial charge in [-0.1, -0.05) is 17.7 Å². The second-order valence-electron chi connectivity index (χ2n) is 5.86. The van der Waals surface area contributed by atoms with Crippen LogP contribution in [0.25, 0.3) is 6.08 Å². The Hall–Kier alpha value is -3.34. The number of piperidine rings is 1. The van der Waals surface area contributed by atoms with Crippen molar-refractivity contribution >= 4 is 17.6 Å². The minimum Gasteiger partial charge on any atom is -0.350 e. The fraction of sp³-hybridized carbons (Fsp3) is 0.222. The van der Waals surface area contributed by atoms with E-state index in [0.717, 1.165) is 17.7 Å². The van der Waals surface area contributed by atoms with Crippen molar-refractivity contribution in [2.45, 2.75) is 12.8 Å². The van der Waals surface area contributed by atoms with E-state index in [0.29, 0.717) is 31.5 Å². The Kier molecular flexibility index (Phi) is 4.89. The van der Waals surface area contributed by atoms with Crippen LogP contribution in [0, 0.1) is 33.1 Å². The van der Waals surface area contributed by atoms with E-state index in [9.17, 15) is 18.9 Å². The maximum atomic E-state index is 13.3. The van der Waals surface area contributed by atoms with Gasteiger partial charge in [0, 0.05) is 19.3 Å². The summed E-state index contributed by atoms with van der Waals surface area (Å²) in [5, 5.41) is 20.4.